The van der Waals surface area contributed by atoms with Crippen LogP contribution in [0.5, 0.6) is 0 Å². The Bertz CT molecular complexity index is 497. The molecule has 6 heteroatoms. The summed E-state index contributed by atoms with van der Waals surface area (Å²) < 4.78 is 5.37. The van der Waals surface area contributed by atoms with Gasteiger partial charge in [0.25, 0.3) is 0 Å². The van der Waals surface area contributed by atoms with Gasteiger partial charge in [-0.15, -0.1) is 12.4 Å². The molecule has 2 unspecified atom stereocenters. The quantitative estimate of drug-likeness (QED) is 0.490. The first-order chi connectivity index (χ1) is 10.9. The summed E-state index contributed by atoms with van der Waals surface area (Å²) in [5, 5.41) is 0. The SMILES string of the molecule is CC(C)CCCC(C)CCOC(=O)C(C(N)=S)c1ccccn1.Cl. The van der Waals surface area contributed by atoms with Crippen LogP contribution in [0.2, 0.25) is 0 Å². The fraction of sp³-hybridized carbons (Fsp3) is 0.611. The van der Waals surface area contributed by atoms with Crippen LogP contribution < -0.4 is 5.73 Å². The first kappa shape index (κ1) is 22.8. The molecule has 2 atom stereocenters. The second-order valence-corrected chi connectivity index (χ2v) is 6.95. The first-order valence-corrected chi connectivity index (χ1v) is 8.69. The lowest BCUT2D eigenvalue weighted by atomic mass is 9.97. The maximum absolute atomic E-state index is 12.2. The number of halogens is 1. The van der Waals surface area contributed by atoms with Crippen molar-refractivity contribution < 1.29 is 9.53 Å². The molecule has 0 radical (unpaired) electrons. The summed E-state index contributed by atoms with van der Waals surface area (Å²) >= 11 is 5.00. The fourth-order valence-corrected chi connectivity index (χ4v) is 2.61. The Labute approximate surface area is 157 Å². The number of ether oxygens (including phenoxy) is 1. The molecule has 0 bridgehead atoms. The van der Waals surface area contributed by atoms with Gasteiger partial charge in [0.15, 0.2) is 0 Å². The van der Waals surface area contributed by atoms with Crippen molar-refractivity contribution in [2.75, 3.05) is 6.61 Å². The van der Waals surface area contributed by atoms with Gasteiger partial charge < -0.3 is 10.5 Å². The lowest BCUT2D eigenvalue weighted by Gasteiger charge is -2.16. The van der Waals surface area contributed by atoms with Crippen LogP contribution in [-0.4, -0.2) is 22.5 Å². The minimum Gasteiger partial charge on any atom is -0.465 e. The zero-order chi connectivity index (χ0) is 17.2. The molecule has 136 valence electrons. The van der Waals surface area contributed by atoms with Crippen molar-refractivity contribution in [3.05, 3.63) is 30.1 Å². The molecule has 0 aliphatic rings. The van der Waals surface area contributed by atoms with E-state index in [1.54, 1.807) is 24.4 Å². The zero-order valence-electron chi connectivity index (χ0n) is 14.7. The largest absolute Gasteiger partial charge is 0.465 e. The van der Waals surface area contributed by atoms with Gasteiger partial charge in [-0.2, -0.15) is 0 Å². The van der Waals surface area contributed by atoms with E-state index in [1.165, 1.54) is 12.8 Å². The summed E-state index contributed by atoms with van der Waals surface area (Å²) in [5.74, 6) is 0.109. The first-order valence-electron chi connectivity index (χ1n) is 8.28. The van der Waals surface area contributed by atoms with Crippen molar-refractivity contribution in [1.82, 2.24) is 4.98 Å². The van der Waals surface area contributed by atoms with Gasteiger partial charge in [-0.3, -0.25) is 9.78 Å². The Morgan fingerprint density at radius 1 is 1.25 bits per heavy atom. The topological polar surface area (TPSA) is 65.2 Å². The van der Waals surface area contributed by atoms with E-state index in [0.29, 0.717) is 18.2 Å². The van der Waals surface area contributed by atoms with E-state index in [2.05, 4.69) is 25.8 Å². The third kappa shape index (κ3) is 8.60. The maximum atomic E-state index is 12.2. The highest BCUT2D eigenvalue weighted by atomic mass is 35.5. The van der Waals surface area contributed by atoms with Crippen molar-refractivity contribution in [3.63, 3.8) is 0 Å². The van der Waals surface area contributed by atoms with Gasteiger partial charge in [0, 0.05) is 6.20 Å². The summed E-state index contributed by atoms with van der Waals surface area (Å²) in [6.45, 7) is 7.06. The van der Waals surface area contributed by atoms with Crippen molar-refractivity contribution in [2.24, 2.45) is 17.6 Å². The Morgan fingerprint density at radius 3 is 2.50 bits per heavy atom. The second kappa shape index (κ2) is 12.2. The van der Waals surface area contributed by atoms with E-state index in [0.717, 1.165) is 18.8 Å². The van der Waals surface area contributed by atoms with Crippen LogP contribution in [-0.2, 0) is 9.53 Å². The zero-order valence-corrected chi connectivity index (χ0v) is 16.4. The summed E-state index contributed by atoms with van der Waals surface area (Å²) in [6.07, 6.45) is 6.10. The highest BCUT2D eigenvalue weighted by Crippen LogP contribution is 2.18. The predicted molar refractivity (Wildman–Crippen MR) is 104 cm³/mol. The fourth-order valence-electron chi connectivity index (χ4n) is 2.39. The molecule has 4 nitrogen and oxygen atoms in total. The van der Waals surface area contributed by atoms with E-state index in [1.807, 2.05) is 0 Å². The number of pyridine rings is 1. The second-order valence-electron chi connectivity index (χ2n) is 6.48. The standard InChI is InChI=1S/C18H28N2O2S.ClH/c1-13(2)7-6-8-14(3)10-12-22-18(21)16(17(19)23)15-9-4-5-11-20-15;/h4-5,9,11,13-14,16H,6-8,10,12H2,1-3H3,(H2,19,23);1H. The molecule has 1 aromatic rings. The molecule has 0 saturated carbocycles. The number of carbonyl (C=O) groups is 1. The Hall–Kier alpha value is -1.20. The Morgan fingerprint density at radius 2 is 1.96 bits per heavy atom. The number of thiocarbonyl (C=S) groups is 1. The summed E-state index contributed by atoms with van der Waals surface area (Å²) in [6, 6.07) is 5.32. The van der Waals surface area contributed by atoms with E-state index >= 15 is 0 Å². The monoisotopic (exact) mass is 372 g/mol. The lowest BCUT2D eigenvalue weighted by molar-refractivity contribution is -0.144. The Balaban J connectivity index is 0.00000529. The molecular weight excluding hydrogens is 344 g/mol. The lowest BCUT2D eigenvalue weighted by Crippen LogP contribution is -2.29. The molecule has 0 spiro atoms. The van der Waals surface area contributed by atoms with E-state index in [4.69, 9.17) is 22.7 Å². The minimum atomic E-state index is -0.762. The molecule has 1 rings (SSSR count). The third-order valence-corrected chi connectivity index (χ3v) is 4.07. The Kier molecular flexibility index (Phi) is 11.6. The van der Waals surface area contributed by atoms with Crippen LogP contribution in [0.15, 0.2) is 24.4 Å². The molecule has 0 aliphatic heterocycles. The average Bonchev–Trinajstić information content (AvgIpc) is 2.47. The van der Waals surface area contributed by atoms with Gasteiger partial charge in [0.1, 0.15) is 5.92 Å². The van der Waals surface area contributed by atoms with E-state index in [-0.39, 0.29) is 17.4 Å². The molecule has 0 amide bonds. The summed E-state index contributed by atoms with van der Waals surface area (Å²) in [7, 11) is 0. The number of aromatic nitrogens is 1. The highest BCUT2D eigenvalue weighted by molar-refractivity contribution is 7.80. The summed E-state index contributed by atoms with van der Waals surface area (Å²) in [5.41, 5.74) is 6.22. The van der Waals surface area contributed by atoms with Crippen molar-refractivity contribution >= 4 is 35.6 Å². The number of hydrogen-bond donors (Lipinski definition) is 1. The number of carbonyl (C=O) groups excluding carboxylic acids is 1. The molecule has 2 N–H and O–H groups in total. The molecule has 24 heavy (non-hydrogen) atoms. The predicted octanol–water partition coefficient (Wildman–Crippen LogP) is 4.27. The minimum absolute atomic E-state index is 0. The molecule has 1 aromatic heterocycles. The van der Waals surface area contributed by atoms with E-state index < -0.39 is 11.9 Å². The van der Waals surface area contributed by atoms with Gasteiger partial charge in [0.2, 0.25) is 0 Å². The van der Waals surface area contributed by atoms with Gasteiger partial charge >= 0.3 is 5.97 Å². The smallest absolute Gasteiger partial charge is 0.321 e. The van der Waals surface area contributed by atoms with Crippen molar-refractivity contribution in [2.45, 2.75) is 52.4 Å². The van der Waals surface area contributed by atoms with Gasteiger partial charge in [-0.05, 0) is 30.4 Å². The van der Waals surface area contributed by atoms with Crippen LogP contribution in [0.25, 0.3) is 0 Å². The highest BCUT2D eigenvalue weighted by Gasteiger charge is 2.26. The normalized spacial score (nSPS) is 13.0. The van der Waals surface area contributed by atoms with Crippen LogP contribution in [0.1, 0.15) is 58.1 Å². The van der Waals surface area contributed by atoms with Crippen molar-refractivity contribution in [3.8, 4) is 0 Å². The van der Waals surface area contributed by atoms with Crippen LogP contribution in [0.3, 0.4) is 0 Å². The number of esters is 1. The third-order valence-electron chi connectivity index (χ3n) is 3.84. The average molecular weight is 373 g/mol. The van der Waals surface area contributed by atoms with Crippen LogP contribution >= 0.6 is 24.6 Å². The molecule has 0 aliphatic carbocycles. The molecule has 0 fully saturated rings. The van der Waals surface area contributed by atoms with Crippen LogP contribution in [0, 0.1) is 11.8 Å². The maximum Gasteiger partial charge on any atom is 0.321 e. The number of nitrogens with zero attached hydrogens (tertiary/aromatic N) is 1. The van der Waals surface area contributed by atoms with E-state index in [9.17, 15) is 4.79 Å². The molecule has 0 saturated heterocycles. The number of nitrogens with two attached hydrogens (primary N) is 1. The van der Waals surface area contributed by atoms with Gasteiger partial charge in [0.05, 0.1) is 17.3 Å². The van der Waals surface area contributed by atoms with Gasteiger partial charge in [-0.1, -0.05) is 58.3 Å². The van der Waals surface area contributed by atoms with Crippen molar-refractivity contribution in [1.29, 1.82) is 0 Å². The number of rotatable bonds is 10. The summed E-state index contributed by atoms with van der Waals surface area (Å²) in [4.78, 5) is 16.5. The van der Waals surface area contributed by atoms with Gasteiger partial charge in [-0.25, -0.2) is 0 Å². The molecule has 1 heterocycles. The number of hydrogen-bond acceptors (Lipinski definition) is 4. The molecular formula is C18H29ClN2O2S. The molecule has 0 aromatic carbocycles. The van der Waals surface area contributed by atoms with Crippen LogP contribution in [0.4, 0.5) is 0 Å².